The Balaban J connectivity index is 2.67. The lowest BCUT2D eigenvalue weighted by atomic mass is 10.0. The molecule has 0 atom stereocenters. The molecule has 0 heterocycles. The number of carbonyl (C=O) groups is 1. The fourth-order valence-electron chi connectivity index (χ4n) is 1.48. The Labute approximate surface area is 101 Å². The van der Waals surface area contributed by atoms with Crippen LogP contribution in [0.25, 0.3) is 0 Å². The fraction of sp³-hybridized carbons (Fsp3) is 0.417. The molecule has 0 amide bonds. The van der Waals surface area contributed by atoms with Crippen molar-refractivity contribution in [3.8, 4) is 0 Å². The zero-order valence-corrected chi connectivity index (χ0v) is 10.7. The number of carbonyl (C=O) groups excluding carboxylic acids is 1. The zero-order valence-electron chi connectivity index (χ0n) is 9.86. The van der Waals surface area contributed by atoms with E-state index in [1.165, 1.54) is 12.1 Å². The molecule has 0 aliphatic heterocycles. The summed E-state index contributed by atoms with van der Waals surface area (Å²) >= 11 is 0. The van der Waals surface area contributed by atoms with Crippen LogP contribution in [0.1, 0.15) is 28.8 Å². The number of aryl methyl sites for hydroxylation is 1. The fourth-order valence-corrected chi connectivity index (χ4v) is 2.15. The SMILES string of the molecule is Cc1ccc(F)c(C(=O)CCCS(C)(=O)=O)c1. The molecule has 0 radical (unpaired) electrons. The molecule has 1 rings (SSSR count). The van der Waals surface area contributed by atoms with Gasteiger partial charge in [0.2, 0.25) is 0 Å². The average Bonchev–Trinajstić information content (AvgIpc) is 2.19. The summed E-state index contributed by atoms with van der Waals surface area (Å²) in [6.07, 6.45) is 1.39. The molecule has 0 saturated carbocycles. The molecular weight excluding hydrogens is 243 g/mol. The molecule has 5 heteroatoms. The lowest BCUT2D eigenvalue weighted by Crippen LogP contribution is -2.08. The van der Waals surface area contributed by atoms with E-state index in [1.54, 1.807) is 13.0 Å². The summed E-state index contributed by atoms with van der Waals surface area (Å²) in [5.41, 5.74) is 0.844. The van der Waals surface area contributed by atoms with Gasteiger partial charge in [0, 0.05) is 12.7 Å². The standard InChI is InChI=1S/C12H15FO3S/c1-9-5-6-11(13)10(8-9)12(14)4-3-7-17(2,15)16/h5-6,8H,3-4,7H2,1-2H3. The van der Waals surface area contributed by atoms with Crippen molar-refractivity contribution in [2.24, 2.45) is 0 Å². The Morgan fingerprint density at radius 1 is 1.35 bits per heavy atom. The molecule has 17 heavy (non-hydrogen) atoms. The van der Waals surface area contributed by atoms with Crippen LogP contribution in [0.15, 0.2) is 18.2 Å². The minimum absolute atomic E-state index is 0.0403. The molecule has 0 fully saturated rings. The molecule has 1 aromatic rings. The van der Waals surface area contributed by atoms with Gasteiger partial charge in [-0.2, -0.15) is 0 Å². The number of benzene rings is 1. The molecule has 0 aliphatic carbocycles. The van der Waals surface area contributed by atoms with Crippen LogP contribution in [0.4, 0.5) is 4.39 Å². The van der Waals surface area contributed by atoms with Crippen molar-refractivity contribution in [2.45, 2.75) is 19.8 Å². The number of rotatable bonds is 5. The Morgan fingerprint density at radius 2 is 2.00 bits per heavy atom. The smallest absolute Gasteiger partial charge is 0.165 e. The van der Waals surface area contributed by atoms with Crippen molar-refractivity contribution >= 4 is 15.6 Å². The molecule has 0 spiro atoms. The topological polar surface area (TPSA) is 51.2 Å². The summed E-state index contributed by atoms with van der Waals surface area (Å²) < 4.78 is 35.1. The number of ketones is 1. The first-order chi connectivity index (χ1) is 7.79. The minimum Gasteiger partial charge on any atom is -0.294 e. The van der Waals surface area contributed by atoms with E-state index >= 15 is 0 Å². The van der Waals surface area contributed by atoms with E-state index in [-0.39, 0.29) is 29.9 Å². The quantitative estimate of drug-likeness (QED) is 0.760. The number of sulfone groups is 1. The third kappa shape index (κ3) is 4.65. The van der Waals surface area contributed by atoms with Crippen molar-refractivity contribution in [3.05, 3.63) is 35.1 Å². The molecule has 0 aliphatic rings. The summed E-state index contributed by atoms with van der Waals surface area (Å²) in [6, 6.07) is 4.32. The van der Waals surface area contributed by atoms with Gasteiger partial charge in [0.05, 0.1) is 11.3 Å². The van der Waals surface area contributed by atoms with Crippen LogP contribution in [-0.4, -0.2) is 26.2 Å². The second kappa shape index (κ2) is 5.40. The molecular formula is C12H15FO3S. The molecule has 0 bridgehead atoms. The van der Waals surface area contributed by atoms with Crippen molar-refractivity contribution in [3.63, 3.8) is 0 Å². The van der Waals surface area contributed by atoms with Gasteiger partial charge in [-0.1, -0.05) is 11.6 Å². The lowest BCUT2D eigenvalue weighted by molar-refractivity contribution is 0.0978. The van der Waals surface area contributed by atoms with Crippen LogP contribution in [0.3, 0.4) is 0 Å². The van der Waals surface area contributed by atoms with Crippen molar-refractivity contribution in [1.82, 2.24) is 0 Å². The highest BCUT2D eigenvalue weighted by molar-refractivity contribution is 7.90. The molecule has 0 aromatic heterocycles. The van der Waals surface area contributed by atoms with E-state index in [0.717, 1.165) is 11.8 Å². The average molecular weight is 258 g/mol. The van der Waals surface area contributed by atoms with Crippen molar-refractivity contribution < 1.29 is 17.6 Å². The van der Waals surface area contributed by atoms with E-state index in [0.29, 0.717) is 0 Å². The van der Waals surface area contributed by atoms with Gasteiger partial charge in [0.15, 0.2) is 5.78 Å². The van der Waals surface area contributed by atoms with Gasteiger partial charge < -0.3 is 0 Å². The van der Waals surface area contributed by atoms with E-state index < -0.39 is 15.7 Å². The van der Waals surface area contributed by atoms with E-state index in [2.05, 4.69) is 0 Å². The van der Waals surface area contributed by atoms with Gasteiger partial charge in [-0.25, -0.2) is 12.8 Å². The minimum atomic E-state index is -3.07. The Bertz CT molecular complexity index is 521. The summed E-state index contributed by atoms with van der Waals surface area (Å²) in [7, 11) is -3.07. The molecule has 94 valence electrons. The van der Waals surface area contributed by atoms with Crippen LogP contribution < -0.4 is 0 Å². The highest BCUT2D eigenvalue weighted by atomic mass is 32.2. The maximum Gasteiger partial charge on any atom is 0.165 e. The second-order valence-electron chi connectivity index (χ2n) is 4.14. The van der Waals surface area contributed by atoms with Crippen molar-refractivity contribution in [2.75, 3.05) is 12.0 Å². The highest BCUT2D eigenvalue weighted by Gasteiger charge is 2.12. The summed E-state index contributed by atoms with van der Waals surface area (Å²) in [6.45, 7) is 1.77. The largest absolute Gasteiger partial charge is 0.294 e. The van der Waals surface area contributed by atoms with Gasteiger partial charge in [-0.05, 0) is 25.5 Å². The summed E-state index contributed by atoms with van der Waals surface area (Å²) in [5, 5.41) is 0. The zero-order chi connectivity index (χ0) is 13.1. The van der Waals surface area contributed by atoms with Crippen LogP contribution in [0.5, 0.6) is 0 Å². The molecule has 0 N–H and O–H groups in total. The van der Waals surface area contributed by atoms with Gasteiger partial charge in [-0.15, -0.1) is 0 Å². The Morgan fingerprint density at radius 3 is 2.59 bits per heavy atom. The first-order valence-electron chi connectivity index (χ1n) is 5.26. The number of hydrogen-bond donors (Lipinski definition) is 0. The maximum atomic E-state index is 13.3. The predicted octanol–water partition coefficient (Wildman–Crippen LogP) is 2.14. The first-order valence-corrected chi connectivity index (χ1v) is 7.33. The predicted molar refractivity (Wildman–Crippen MR) is 64.4 cm³/mol. The summed E-state index contributed by atoms with van der Waals surface area (Å²) in [5.74, 6) is -0.957. The molecule has 3 nitrogen and oxygen atoms in total. The monoisotopic (exact) mass is 258 g/mol. The van der Waals surface area contributed by atoms with Crippen LogP contribution in [-0.2, 0) is 9.84 Å². The Hall–Kier alpha value is -1.23. The van der Waals surface area contributed by atoms with E-state index in [1.807, 2.05) is 0 Å². The molecule has 1 aromatic carbocycles. The molecule has 0 unspecified atom stereocenters. The normalized spacial score (nSPS) is 11.5. The van der Waals surface area contributed by atoms with Gasteiger partial charge in [-0.3, -0.25) is 4.79 Å². The van der Waals surface area contributed by atoms with E-state index in [9.17, 15) is 17.6 Å². The number of Topliss-reactive ketones (excluding diaryl/α,β-unsaturated/α-hetero) is 1. The number of hydrogen-bond acceptors (Lipinski definition) is 3. The third-order valence-corrected chi connectivity index (χ3v) is 3.37. The first kappa shape index (κ1) is 13.8. The Kier molecular flexibility index (Phi) is 4.40. The van der Waals surface area contributed by atoms with Gasteiger partial charge in [0.25, 0.3) is 0 Å². The van der Waals surface area contributed by atoms with Crippen LogP contribution in [0, 0.1) is 12.7 Å². The third-order valence-electron chi connectivity index (χ3n) is 2.34. The van der Waals surface area contributed by atoms with Crippen LogP contribution >= 0.6 is 0 Å². The van der Waals surface area contributed by atoms with E-state index in [4.69, 9.17) is 0 Å². The van der Waals surface area contributed by atoms with Gasteiger partial charge in [0.1, 0.15) is 15.7 Å². The highest BCUT2D eigenvalue weighted by Crippen LogP contribution is 2.13. The van der Waals surface area contributed by atoms with Crippen LogP contribution in [0.2, 0.25) is 0 Å². The second-order valence-corrected chi connectivity index (χ2v) is 6.40. The lowest BCUT2D eigenvalue weighted by Gasteiger charge is -2.03. The maximum absolute atomic E-state index is 13.3. The number of halogens is 1. The molecule has 0 saturated heterocycles. The summed E-state index contributed by atoms with van der Waals surface area (Å²) in [4.78, 5) is 11.7. The van der Waals surface area contributed by atoms with Gasteiger partial charge >= 0.3 is 0 Å². The van der Waals surface area contributed by atoms with Crippen molar-refractivity contribution in [1.29, 1.82) is 0 Å².